The second kappa shape index (κ2) is 6.39. The van der Waals surface area contributed by atoms with Gasteiger partial charge in [-0.25, -0.2) is 15.0 Å². The van der Waals surface area contributed by atoms with Gasteiger partial charge >= 0.3 is 0 Å². The molecule has 2 rings (SSSR count). The molecular weight excluding hydrogens is 332 g/mol. The Morgan fingerprint density at radius 1 is 1.29 bits per heavy atom. The van der Waals surface area contributed by atoms with Gasteiger partial charge in [0.15, 0.2) is 0 Å². The first kappa shape index (κ1) is 15.7. The highest BCUT2D eigenvalue weighted by Crippen LogP contribution is 2.23. The lowest BCUT2D eigenvalue weighted by molar-refractivity contribution is 0.393. The minimum atomic E-state index is -0.105. The highest BCUT2D eigenvalue weighted by Gasteiger charge is 2.18. The van der Waals surface area contributed by atoms with Crippen molar-refractivity contribution in [3.63, 3.8) is 0 Å². The summed E-state index contributed by atoms with van der Waals surface area (Å²) in [6, 6.07) is 5.72. The zero-order valence-electron chi connectivity index (χ0n) is 12.6. The number of anilines is 1. The van der Waals surface area contributed by atoms with Crippen LogP contribution in [0.15, 0.2) is 29.0 Å². The zero-order chi connectivity index (χ0) is 15.5. The maximum absolute atomic E-state index is 5.24. The highest BCUT2D eigenvalue weighted by molar-refractivity contribution is 9.10. The highest BCUT2D eigenvalue weighted by atomic mass is 79.9. The fourth-order valence-corrected chi connectivity index (χ4v) is 2.16. The number of rotatable bonds is 4. The molecule has 0 bridgehead atoms. The van der Waals surface area contributed by atoms with Crippen molar-refractivity contribution in [3.05, 3.63) is 40.4 Å². The standard InChI is InChI=1S/C15H19BrN4O/c1-15(2,3)14-19-11(16)8-12(20-14)18-9-10-6-5-7-17-13(10)21-4/h5-8H,9H2,1-4H3,(H,18,19,20). The van der Waals surface area contributed by atoms with Crippen LogP contribution in [0.5, 0.6) is 5.88 Å². The summed E-state index contributed by atoms with van der Waals surface area (Å²) in [5.74, 6) is 2.18. The molecule has 2 heterocycles. The Balaban J connectivity index is 2.19. The zero-order valence-corrected chi connectivity index (χ0v) is 14.2. The Labute approximate surface area is 133 Å². The largest absolute Gasteiger partial charge is 0.481 e. The van der Waals surface area contributed by atoms with Crippen molar-refractivity contribution in [1.82, 2.24) is 15.0 Å². The van der Waals surface area contributed by atoms with Gasteiger partial charge in [-0.05, 0) is 22.0 Å². The van der Waals surface area contributed by atoms with Crippen LogP contribution in [-0.4, -0.2) is 22.1 Å². The summed E-state index contributed by atoms with van der Waals surface area (Å²) in [5.41, 5.74) is 0.874. The fraction of sp³-hybridized carbons (Fsp3) is 0.400. The average Bonchev–Trinajstić information content (AvgIpc) is 2.44. The summed E-state index contributed by atoms with van der Waals surface area (Å²) < 4.78 is 6.01. The van der Waals surface area contributed by atoms with Gasteiger partial charge in [0.05, 0.1) is 7.11 Å². The van der Waals surface area contributed by atoms with Gasteiger partial charge in [-0.3, -0.25) is 0 Å². The SMILES string of the molecule is COc1ncccc1CNc1cc(Br)nc(C(C)(C)C)n1. The molecule has 0 aliphatic rings. The minimum absolute atomic E-state index is 0.105. The van der Waals surface area contributed by atoms with Crippen molar-refractivity contribution in [3.8, 4) is 5.88 Å². The van der Waals surface area contributed by atoms with Crippen molar-refractivity contribution in [1.29, 1.82) is 0 Å². The summed E-state index contributed by atoms with van der Waals surface area (Å²) in [5, 5.41) is 3.29. The van der Waals surface area contributed by atoms with Crippen LogP contribution in [0, 0.1) is 0 Å². The molecule has 0 unspecified atom stereocenters. The second-order valence-electron chi connectivity index (χ2n) is 5.67. The maximum Gasteiger partial charge on any atom is 0.218 e. The summed E-state index contributed by atoms with van der Waals surface area (Å²) in [4.78, 5) is 13.2. The number of pyridine rings is 1. The molecule has 2 aromatic rings. The van der Waals surface area contributed by atoms with E-state index >= 15 is 0 Å². The third-order valence-corrected chi connectivity index (χ3v) is 3.28. The molecule has 2 aromatic heterocycles. The lowest BCUT2D eigenvalue weighted by Crippen LogP contribution is -2.17. The van der Waals surface area contributed by atoms with Crippen molar-refractivity contribution in [2.24, 2.45) is 0 Å². The third kappa shape index (κ3) is 4.14. The normalized spacial score (nSPS) is 11.3. The Morgan fingerprint density at radius 3 is 2.71 bits per heavy atom. The van der Waals surface area contributed by atoms with Crippen LogP contribution < -0.4 is 10.1 Å². The van der Waals surface area contributed by atoms with Crippen LogP contribution in [0.3, 0.4) is 0 Å². The number of halogens is 1. The average molecular weight is 351 g/mol. The summed E-state index contributed by atoms with van der Waals surface area (Å²) in [6.07, 6.45) is 1.71. The fourth-order valence-electron chi connectivity index (χ4n) is 1.77. The van der Waals surface area contributed by atoms with E-state index in [4.69, 9.17) is 4.74 Å². The van der Waals surface area contributed by atoms with Gasteiger partial charge in [-0.15, -0.1) is 0 Å². The molecule has 0 amide bonds. The minimum Gasteiger partial charge on any atom is -0.481 e. The van der Waals surface area contributed by atoms with Crippen molar-refractivity contribution < 1.29 is 4.74 Å². The summed E-state index contributed by atoms with van der Waals surface area (Å²) in [6.45, 7) is 6.85. The van der Waals surface area contributed by atoms with E-state index in [0.717, 1.165) is 21.8 Å². The summed E-state index contributed by atoms with van der Waals surface area (Å²) in [7, 11) is 1.62. The molecule has 0 spiro atoms. The first-order valence-corrected chi connectivity index (χ1v) is 7.46. The van der Waals surface area contributed by atoms with E-state index in [0.29, 0.717) is 12.4 Å². The van der Waals surface area contributed by atoms with E-state index in [-0.39, 0.29) is 5.41 Å². The molecular formula is C15H19BrN4O. The van der Waals surface area contributed by atoms with Gasteiger partial charge < -0.3 is 10.1 Å². The van der Waals surface area contributed by atoms with Crippen LogP contribution in [0.25, 0.3) is 0 Å². The van der Waals surface area contributed by atoms with E-state index in [1.165, 1.54) is 0 Å². The molecule has 5 nitrogen and oxygen atoms in total. The van der Waals surface area contributed by atoms with Crippen LogP contribution in [-0.2, 0) is 12.0 Å². The van der Waals surface area contributed by atoms with Gasteiger partial charge in [-0.1, -0.05) is 26.8 Å². The first-order valence-electron chi connectivity index (χ1n) is 6.67. The molecule has 0 aromatic carbocycles. The molecule has 0 saturated carbocycles. The van der Waals surface area contributed by atoms with Crippen LogP contribution in [0.2, 0.25) is 0 Å². The van der Waals surface area contributed by atoms with Gasteiger partial charge in [0, 0.05) is 29.8 Å². The summed E-state index contributed by atoms with van der Waals surface area (Å²) >= 11 is 3.43. The van der Waals surface area contributed by atoms with E-state index in [1.807, 2.05) is 18.2 Å². The number of hydrogen-bond donors (Lipinski definition) is 1. The molecule has 21 heavy (non-hydrogen) atoms. The Hall–Kier alpha value is -1.69. The molecule has 0 atom stereocenters. The number of ether oxygens (including phenoxy) is 1. The molecule has 0 fully saturated rings. The van der Waals surface area contributed by atoms with E-state index in [2.05, 4.69) is 57.0 Å². The Kier molecular flexibility index (Phi) is 4.77. The second-order valence-corrected chi connectivity index (χ2v) is 6.49. The molecule has 112 valence electrons. The van der Waals surface area contributed by atoms with Crippen LogP contribution in [0.4, 0.5) is 5.82 Å². The molecule has 0 saturated heterocycles. The number of nitrogens with one attached hydrogen (secondary N) is 1. The van der Waals surface area contributed by atoms with Crippen LogP contribution in [0.1, 0.15) is 32.2 Å². The quantitative estimate of drug-likeness (QED) is 0.854. The maximum atomic E-state index is 5.24. The van der Waals surface area contributed by atoms with Crippen molar-refractivity contribution in [2.45, 2.75) is 32.7 Å². The third-order valence-electron chi connectivity index (χ3n) is 2.87. The van der Waals surface area contributed by atoms with E-state index in [9.17, 15) is 0 Å². The number of hydrogen-bond acceptors (Lipinski definition) is 5. The predicted octanol–water partition coefficient (Wildman–Crippen LogP) is 3.55. The number of aromatic nitrogens is 3. The molecule has 0 aliphatic heterocycles. The van der Waals surface area contributed by atoms with Crippen molar-refractivity contribution >= 4 is 21.7 Å². The van der Waals surface area contributed by atoms with Crippen molar-refractivity contribution in [2.75, 3.05) is 12.4 Å². The van der Waals surface area contributed by atoms with Gasteiger partial charge in [-0.2, -0.15) is 0 Å². The lowest BCUT2D eigenvalue weighted by atomic mass is 9.96. The van der Waals surface area contributed by atoms with Gasteiger partial charge in [0.2, 0.25) is 5.88 Å². The lowest BCUT2D eigenvalue weighted by Gasteiger charge is -2.18. The Bertz CT molecular complexity index is 625. The number of nitrogens with zero attached hydrogens (tertiary/aromatic N) is 3. The van der Waals surface area contributed by atoms with E-state index < -0.39 is 0 Å². The van der Waals surface area contributed by atoms with Gasteiger partial charge in [0.1, 0.15) is 16.2 Å². The molecule has 1 N–H and O–H groups in total. The van der Waals surface area contributed by atoms with Crippen LogP contribution >= 0.6 is 15.9 Å². The first-order chi connectivity index (χ1) is 9.90. The van der Waals surface area contributed by atoms with E-state index in [1.54, 1.807) is 13.3 Å². The molecule has 0 radical (unpaired) electrons. The predicted molar refractivity (Wildman–Crippen MR) is 86.5 cm³/mol. The molecule has 6 heteroatoms. The Morgan fingerprint density at radius 2 is 2.05 bits per heavy atom. The topological polar surface area (TPSA) is 59.9 Å². The molecule has 0 aliphatic carbocycles. The number of methoxy groups -OCH3 is 1. The smallest absolute Gasteiger partial charge is 0.218 e. The van der Waals surface area contributed by atoms with Gasteiger partial charge in [0.25, 0.3) is 0 Å². The monoisotopic (exact) mass is 350 g/mol.